The molecule has 0 aliphatic rings. The van der Waals surface area contributed by atoms with Crippen LogP contribution in [0.15, 0.2) is 36.4 Å². The van der Waals surface area contributed by atoms with Crippen molar-refractivity contribution in [2.75, 3.05) is 21.3 Å². The zero-order valence-electron chi connectivity index (χ0n) is 12.7. The summed E-state index contributed by atoms with van der Waals surface area (Å²) < 4.78 is 15.7. The molecule has 1 N–H and O–H groups in total. The number of rotatable bonds is 5. The molecule has 2 rings (SSSR count). The van der Waals surface area contributed by atoms with Gasteiger partial charge in [0.25, 0.3) is 0 Å². The average Bonchev–Trinajstić information content (AvgIpc) is 2.54. The molecular formula is C17H20O4. The van der Waals surface area contributed by atoms with Crippen molar-refractivity contribution < 1.29 is 19.3 Å². The Bertz CT molecular complexity index is 605. The fourth-order valence-electron chi connectivity index (χ4n) is 2.26. The number of methoxy groups -OCH3 is 3. The Morgan fingerprint density at radius 2 is 1.43 bits per heavy atom. The third-order valence-corrected chi connectivity index (χ3v) is 3.50. The molecule has 2 aromatic carbocycles. The topological polar surface area (TPSA) is 47.9 Å². The van der Waals surface area contributed by atoms with Crippen molar-refractivity contribution >= 4 is 0 Å². The van der Waals surface area contributed by atoms with E-state index >= 15 is 0 Å². The number of aryl methyl sites for hydroxylation is 1. The van der Waals surface area contributed by atoms with E-state index in [1.165, 1.54) is 0 Å². The summed E-state index contributed by atoms with van der Waals surface area (Å²) in [6.07, 6.45) is -0.726. The van der Waals surface area contributed by atoms with Gasteiger partial charge in [-0.2, -0.15) is 0 Å². The maximum Gasteiger partial charge on any atom is 0.161 e. The Kier molecular flexibility index (Phi) is 4.70. The first-order valence-corrected chi connectivity index (χ1v) is 6.65. The van der Waals surface area contributed by atoms with Gasteiger partial charge in [-0.05, 0) is 47.9 Å². The predicted molar refractivity (Wildman–Crippen MR) is 81.3 cm³/mol. The van der Waals surface area contributed by atoms with Crippen LogP contribution in [-0.4, -0.2) is 26.4 Å². The summed E-state index contributed by atoms with van der Waals surface area (Å²) in [4.78, 5) is 0. The molecule has 0 fully saturated rings. The predicted octanol–water partition coefficient (Wildman–Crippen LogP) is 3.10. The van der Waals surface area contributed by atoms with Crippen LogP contribution in [0.3, 0.4) is 0 Å². The molecular weight excluding hydrogens is 268 g/mol. The van der Waals surface area contributed by atoms with Gasteiger partial charge in [-0.25, -0.2) is 0 Å². The summed E-state index contributed by atoms with van der Waals surface area (Å²) >= 11 is 0. The van der Waals surface area contributed by atoms with Crippen LogP contribution >= 0.6 is 0 Å². The van der Waals surface area contributed by atoms with Gasteiger partial charge in [0.15, 0.2) is 11.5 Å². The molecule has 0 saturated heterocycles. The Hall–Kier alpha value is -2.20. The molecule has 0 aliphatic heterocycles. The molecule has 112 valence electrons. The summed E-state index contributed by atoms with van der Waals surface area (Å²) in [6.45, 7) is 1.93. The molecule has 0 spiro atoms. The van der Waals surface area contributed by atoms with E-state index in [2.05, 4.69) is 0 Å². The van der Waals surface area contributed by atoms with Crippen molar-refractivity contribution in [2.24, 2.45) is 0 Å². The third-order valence-electron chi connectivity index (χ3n) is 3.50. The molecule has 0 aliphatic carbocycles. The second kappa shape index (κ2) is 6.50. The Balaban J connectivity index is 2.39. The number of ether oxygens (including phenoxy) is 3. The van der Waals surface area contributed by atoms with Crippen molar-refractivity contribution in [3.8, 4) is 17.2 Å². The molecule has 21 heavy (non-hydrogen) atoms. The average molecular weight is 288 g/mol. The van der Waals surface area contributed by atoms with E-state index in [4.69, 9.17) is 14.2 Å². The SMILES string of the molecule is COc1ccc(C(O)c2cc(OC)c(OC)cc2C)cc1. The van der Waals surface area contributed by atoms with Gasteiger partial charge in [0.2, 0.25) is 0 Å². The fourth-order valence-corrected chi connectivity index (χ4v) is 2.26. The van der Waals surface area contributed by atoms with E-state index in [1.807, 2.05) is 43.3 Å². The summed E-state index contributed by atoms with van der Waals surface area (Å²) in [7, 11) is 4.79. The Morgan fingerprint density at radius 1 is 0.857 bits per heavy atom. The highest BCUT2D eigenvalue weighted by Crippen LogP contribution is 2.35. The zero-order chi connectivity index (χ0) is 15.4. The summed E-state index contributed by atoms with van der Waals surface area (Å²) in [5.74, 6) is 2.02. The number of hydrogen-bond donors (Lipinski definition) is 1. The van der Waals surface area contributed by atoms with E-state index in [9.17, 15) is 5.11 Å². The molecule has 4 nitrogen and oxygen atoms in total. The van der Waals surface area contributed by atoms with E-state index in [0.717, 1.165) is 22.4 Å². The number of hydrogen-bond acceptors (Lipinski definition) is 4. The van der Waals surface area contributed by atoms with Crippen LogP contribution in [0.25, 0.3) is 0 Å². The molecule has 0 radical (unpaired) electrons. The molecule has 0 aromatic heterocycles. The highest BCUT2D eigenvalue weighted by atomic mass is 16.5. The highest BCUT2D eigenvalue weighted by Gasteiger charge is 2.17. The number of aliphatic hydroxyl groups excluding tert-OH is 1. The van der Waals surface area contributed by atoms with Crippen LogP contribution < -0.4 is 14.2 Å². The smallest absolute Gasteiger partial charge is 0.161 e. The zero-order valence-corrected chi connectivity index (χ0v) is 12.7. The largest absolute Gasteiger partial charge is 0.497 e. The first-order chi connectivity index (χ1) is 10.1. The molecule has 1 atom stereocenters. The minimum atomic E-state index is -0.726. The van der Waals surface area contributed by atoms with E-state index < -0.39 is 6.10 Å². The van der Waals surface area contributed by atoms with Gasteiger partial charge in [-0.3, -0.25) is 0 Å². The summed E-state index contributed by atoms with van der Waals surface area (Å²) in [5, 5.41) is 10.6. The lowest BCUT2D eigenvalue weighted by Gasteiger charge is -2.17. The van der Waals surface area contributed by atoms with E-state index in [1.54, 1.807) is 21.3 Å². The van der Waals surface area contributed by atoms with Gasteiger partial charge >= 0.3 is 0 Å². The standard InChI is InChI=1S/C17H20O4/c1-11-9-15(20-3)16(21-4)10-14(11)17(18)12-5-7-13(19-2)8-6-12/h5-10,17-18H,1-4H3. The van der Waals surface area contributed by atoms with Gasteiger partial charge in [0.1, 0.15) is 11.9 Å². The van der Waals surface area contributed by atoms with Crippen LogP contribution in [-0.2, 0) is 0 Å². The fraction of sp³-hybridized carbons (Fsp3) is 0.294. The molecule has 0 heterocycles. The van der Waals surface area contributed by atoms with Gasteiger partial charge in [-0.15, -0.1) is 0 Å². The van der Waals surface area contributed by atoms with Crippen LogP contribution in [0.4, 0.5) is 0 Å². The van der Waals surface area contributed by atoms with Crippen molar-refractivity contribution in [1.29, 1.82) is 0 Å². The van der Waals surface area contributed by atoms with E-state index in [0.29, 0.717) is 11.5 Å². The molecule has 4 heteroatoms. The van der Waals surface area contributed by atoms with Gasteiger partial charge < -0.3 is 19.3 Å². The molecule has 2 aromatic rings. The van der Waals surface area contributed by atoms with Crippen LogP contribution in [0.2, 0.25) is 0 Å². The normalized spacial score (nSPS) is 11.9. The van der Waals surface area contributed by atoms with Crippen molar-refractivity contribution in [1.82, 2.24) is 0 Å². The van der Waals surface area contributed by atoms with Crippen molar-refractivity contribution in [3.63, 3.8) is 0 Å². The Morgan fingerprint density at radius 3 is 1.95 bits per heavy atom. The second-order valence-corrected chi connectivity index (χ2v) is 4.74. The lowest BCUT2D eigenvalue weighted by Crippen LogP contribution is -2.04. The minimum absolute atomic E-state index is 0.602. The van der Waals surface area contributed by atoms with Crippen LogP contribution in [0.5, 0.6) is 17.2 Å². The van der Waals surface area contributed by atoms with Gasteiger partial charge in [0, 0.05) is 0 Å². The maximum absolute atomic E-state index is 10.6. The van der Waals surface area contributed by atoms with E-state index in [-0.39, 0.29) is 0 Å². The van der Waals surface area contributed by atoms with Crippen molar-refractivity contribution in [3.05, 3.63) is 53.1 Å². The molecule has 1 unspecified atom stereocenters. The molecule has 0 amide bonds. The number of benzene rings is 2. The summed E-state index contributed by atoms with van der Waals surface area (Å²) in [6, 6.07) is 11.0. The van der Waals surface area contributed by atoms with Crippen LogP contribution in [0.1, 0.15) is 22.8 Å². The molecule has 0 bridgehead atoms. The first kappa shape index (κ1) is 15.2. The van der Waals surface area contributed by atoms with Crippen LogP contribution in [0, 0.1) is 6.92 Å². The second-order valence-electron chi connectivity index (χ2n) is 4.74. The minimum Gasteiger partial charge on any atom is -0.497 e. The number of aliphatic hydroxyl groups is 1. The van der Waals surface area contributed by atoms with Gasteiger partial charge in [-0.1, -0.05) is 12.1 Å². The first-order valence-electron chi connectivity index (χ1n) is 6.65. The lowest BCUT2D eigenvalue weighted by molar-refractivity contribution is 0.218. The van der Waals surface area contributed by atoms with Gasteiger partial charge in [0.05, 0.1) is 21.3 Å². The maximum atomic E-state index is 10.6. The third kappa shape index (κ3) is 3.11. The summed E-state index contributed by atoms with van der Waals surface area (Å²) in [5.41, 5.74) is 2.53. The van der Waals surface area contributed by atoms with Crippen molar-refractivity contribution in [2.45, 2.75) is 13.0 Å². The lowest BCUT2D eigenvalue weighted by atomic mass is 9.97. The quantitative estimate of drug-likeness (QED) is 0.918. The highest BCUT2D eigenvalue weighted by molar-refractivity contribution is 5.49. The monoisotopic (exact) mass is 288 g/mol. The Labute approximate surface area is 124 Å². The molecule has 0 saturated carbocycles.